The molecular formula is C15H16Cl2N2O. The third kappa shape index (κ3) is 3.41. The van der Waals surface area contributed by atoms with Crippen LogP contribution in [0.1, 0.15) is 23.9 Å². The minimum absolute atomic E-state index is 0.0747. The van der Waals surface area contributed by atoms with Crippen LogP contribution in [-0.2, 0) is 31.1 Å². The lowest BCUT2D eigenvalue weighted by atomic mass is 10.1. The topological polar surface area (TPSA) is 34.9 Å². The van der Waals surface area contributed by atoms with E-state index in [2.05, 4.69) is 5.10 Å². The molecule has 0 N–H and O–H groups in total. The predicted octanol–water partition coefficient (Wildman–Crippen LogP) is 3.64. The van der Waals surface area contributed by atoms with E-state index in [0.717, 1.165) is 17.8 Å². The Labute approximate surface area is 128 Å². The summed E-state index contributed by atoms with van der Waals surface area (Å²) in [6, 6.07) is 7.23. The maximum atomic E-state index is 12.2. The van der Waals surface area contributed by atoms with Gasteiger partial charge in [-0.1, -0.05) is 36.2 Å². The van der Waals surface area contributed by atoms with E-state index < -0.39 is 0 Å². The molecule has 0 aliphatic rings. The number of hydrogen-bond acceptors (Lipinski definition) is 2. The second kappa shape index (κ2) is 6.42. The van der Waals surface area contributed by atoms with Crippen molar-refractivity contribution in [2.45, 2.75) is 26.2 Å². The highest BCUT2D eigenvalue weighted by Crippen LogP contribution is 2.25. The zero-order valence-electron chi connectivity index (χ0n) is 11.5. The van der Waals surface area contributed by atoms with Crippen LogP contribution in [0.3, 0.4) is 0 Å². The first-order valence-electron chi connectivity index (χ1n) is 6.47. The van der Waals surface area contributed by atoms with Gasteiger partial charge in [-0.2, -0.15) is 5.10 Å². The van der Waals surface area contributed by atoms with Crippen molar-refractivity contribution < 1.29 is 4.79 Å². The number of nitrogens with zero attached hydrogens (tertiary/aromatic N) is 2. The van der Waals surface area contributed by atoms with Crippen LogP contribution in [0.5, 0.6) is 0 Å². The van der Waals surface area contributed by atoms with Crippen molar-refractivity contribution in [3.8, 4) is 0 Å². The molecule has 0 spiro atoms. The lowest BCUT2D eigenvalue weighted by Gasteiger charge is -2.06. The summed E-state index contributed by atoms with van der Waals surface area (Å²) < 4.78 is 1.75. The van der Waals surface area contributed by atoms with Gasteiger partial charge in [-0.15, -0.1) is 0 Å². The van der Waals surface area contributed by atoms with Gasteiger partial charge in [0.1, 0.15) is 5.78 Å². The van der Waals surface area contributed by atoms with Crippen LogP contribution in [0.25, 0.3) is 0 Å². The van der Waals surface area contributed by atoms with Crippen LogP contribution in [0, 0.1) is 0 Å². The van der Waals surface area contributed by atoms with Gasteiger partial charge >= 0.3 is 0 Å². The molecule has 0 amide bonds. The van der Waals surface area contributed by atoms with Crippen LogP contribution >= 0.6 is 23.2 Å². The molecule has 0 saturated carbocycles. The van der Waals surface area contributed by atoms with Crippen molar-refractivity contribution in [2.75, 3.05) is 0 Å². The van der Waals surface area contributed by atoms with Gasteiger partial charge in [0, 0.05) is 35.6 Å². The molecule has 2 aromatic rings. The first kappa shape index (κ1) is 15.1. The summed E-state index contributed by atoms with van der Waals surface area (Å²) in [4.78, 5) is 12.2. The van der Waals surface area contributed by atoms with Crippen molar-refractivity contribution >= 4 is 29.0 Å². The maximum absolute atomic E-state index is 12.2. The first-order valence-corrected chi connectivity index (χ1v) is 7.23. The molecule has 0 aliphatic carbocycles. The van der Waals surface area contributed by atoms with Crippen molar-refractivity contribution in [2.24, 2.45) is 7.05 Å². The zero-order valence-corrected chi connectivity index (χ0v) is 13.0. The van der Waals surface area contributed by atoms with E-state index in [1.807, 2.05) is 20.0 Å². The van der Waals surface area contributed by atoms with Gasteiger partial charge in [0.25, 0.3) is 0 Å². The van der Waals surface area contributed by atoms with Crippen molar-refractivity contribution in [1.82, 2.24) is 9.78 Å². The summed E-state index contributed by atoms with van der Waals surface area (Å²) in [6.45, 7) is 2.04. The van der Waals surface area contributed by atoms with Gasteiger partial charge in [-0.25, -0.2) is 0 Å². The molecule has 0 radical (unpaired) electrons. The summed E-state index contributed by atoms with van der Waals surface area (Å²) in [5.41, 5.74) is 2.60. The Morgan fingerprint density at radius 2 is 1.90 bits per heavy atom. The predicted molar refractivity (Wildman–Crippen MR) is 81.5 cm³/mol. The molecule has 5 heteroatoms. The average molecular weight is 311 g/mol. The molecule has 2 rings (SSSR count). The number of halogens is 2. The fraction of sp³-hybridized carbons (Fsp3) is 0.333. The van der Waals surface area contributed by atoms with Gasteiger partial charge in [0.15, 0.2) is 0 Å². The number of carbonyl (C=O) groups is 1. The van der Waals surface area contributed by atoms with Gasteiger partial charge in [-0.3, -0.25) is 9.48 Å². The molecule has 0 bridgehead atoms. The number of ketones is 1. The Morgan fingerprint density at radius 3 is 2.45 bits per heavy atom. The number of Topliss-reactive ketones (excluding diaryl/α,β-unsaturated/α-hetero) is 1. The van der Waals surface area contributed by atoms with Gasteiger partial charge < -0.3 is 0 Å². The largest absolute Gasteiger partial charge is 0.299 e. The Morgan fingerprint density at radius 1 is 1.25 bits per heavy atom. The number of rotatable bonds is 5. The molecule has 0 atom stereocenters. The van der Waals surface area contributed by atoms with E-state index in [-0.39, 0.29) is 12.2 Å². The number of hydrogen-bond donors (Lipinski definition) is 0. The SMILES string of the molecule is CCc1cc(CC(=O)Cc2c(Cl)cccc2Cl)n(C)n1. The van der Waals surface area contributed by atoms with E-state index >= 15 is 0 Å². The van der Waals surface area contributed by atoms with Gasteiger partial charge in [0.05, 0.1) is 5.69 Å². The second-order valence-corrected chi connectivity index (χ2v) is 5.51. The molecule has 0 saturated heterocycles. The lowest BCUT2D eigenvalue weighted by Crippen LogP contribution is -2.10. The summed E-state index contributed by atoms with van der Waals surface area (Å²) in [7, 11) is 1.85. The van der Waals surface area contributed by atoms with Gasteiger partial charge in [0.2, 0.25) is 0 Å². The number of benzene rings is 1. The average Bonchev–Trinajstić information content (AvgIpc) is 2.75. The second-order valence-electron chi connectivity index (χ2n) is 4.70. The normalized spacial score (nSPS) is 10.8. The summed E-state index contributed by atoms with van der Waals surface area (Å²) >= 11 is 12.2. The van der Waals surface area contributed by atoms with Crippen LogP contribution < -0.4 is 0 Å². The van der Waals surface area contributed by atoms with E-state index in [9.17, 15) is 4.79 Å². The van der Waals surface area contributed by atoms with Crippen LogP contribution in [0.15, 0.2) is 24.3 Å². The van der Waals surface area contributed by atoms with E-state index in [1.54, 1.807) is 22.9 Å². The summed E-state index contributed by atoms with van der Waals surface area (Å²) in [5, 5.41) is 5.40. The Bertz CT molecular complexity index is 615. The van der Waals surface area contributed by atoms with E-state index in [1.165, 1.54) is 0 Å². The number of aromatic nitrogens is 2. The van der Waals surface area contributed by atoms with Crippen LogP contribution in [0.4, 0.5) is 0 Å². The molecule has 20 heavy (non-hydrogen) atoms. The number of carbonyl (C=O) groups excluding carboxylic acids is 1. The van der Waals surface area contributed by atoms with E-state index in [4.69, 9.17) is 23.2 Å². The highest BCUT2D eigenvalue weighted by molar-refractivity contribution is 6.36. The molecule has 106 valence electrons. The molecule has 0 unspecified atom stereocenters. The van der Waals surface area contributed by atoms with Crippen molar-refractivity contribution in [1.29, 1.82) is 0 Å². The monoisotopic (exact) mass is 310 g/mol. The highest BCUT2D eigenvalue weighted by atomic mass is 35.5. The molecule has 3 nitrogen and oxygen atoms in total. The van der Waals surface area contributed by atoms with Crippen molar-refractivity contribution in [3.05, 3.63) is 51.3 Å². The smallest absolute Gasteiger partial charge is 0.143 e. The Balaban J connectivity index is 2.11. The molecule has 0 fully saturated rings. The fourth-order valence-corrected chi connectivity index (χ4v) is 2.60. The van der Waals surface area contributed by atoms with Crippen molar-refractivity contribution in [3.63, 3.8) is 0 Å². The molecular weight excluding hydrogens is 295 g/mol. The fourth-order valence-electron chi connectivity index (χ4n) is 2.07. The van der Waals surface area contributed by atoms with Crippen LogP contribution in [0.2, 0.25) is 10.0 Å². The minimum Gasteiger partial charge on any atom is -0.299 e. The third-order valence-electron chi connectivity index (χ3n) is 3.20. The quantitative estimate of drug-likeness (QED) is 0.845. The standard InChI is InChI=1S/C15H16Cl2N2O/c1-3-10-7-11(19(2)18-10)8-12(20)9-13-14(16)5-4-6-15(13)17/h4-7H,3,8-9H2,1-2H3. The molecule has 1 aromatic carbocycles. The summed E-state index contributed by atoms with van der Waals surface area (Å²) in [5.74, 6) is 0.0747. The Kier molecular flexibility index (Phi) is 4.84. The third-order valence-corrected chi connectivity index (χ3v) is 3.91. The van der Waals surface area contributed by atoms with E-state index in [0.29, 0.717) is 22.0 Å². The lowest BCUT2D eigenvalue weighted by molar-refractivity contribution is -0.117. The minimum atomic E-state index is 0.0747. The first-order chi connectivity index (χ1) is 9.51. The molecule has 1 heterocycles. The summed E-state index contributed by atoms with van der Waals surface area (Å²) in [6.07, 6.45) is 1.44. The maximum Gasteiger partial charge on any atom is 0.143 e. The van der Waals surface area contributed by atoms with Gasteiger partial charge in [-0.05, 0) is 30.2 Å². The van der Waals surface area contributed by atoms with Crippen LogP contribution in [-0.4, -0.2) is 15.6 Å². The highest BCUT2D eigenvalue weighted by Gasteiger charge is 2.13. The number of aryl methyl sites for hydroxylation is 2. The zero-order chi connectivity index (χ0) is 14.7. The Hall–Kier alpha value is -1.32. The molecule has 1 aromatic heterocycles. The molecule has 0 aliphatic heterocycles.